The summed E-state index contributed by atoms with van der Waals surface area (Å²) in [6.07, 6.45) is -2.67. The van der Waals surface area contributed by atoms with E-state index in [1.54, 1.807) is 24.4 Å². The first kappa shape index (κ1) is 22.1. The van der Waals surface area contributed by atoms with Crippen molar-refractivity contribution >= 4 is 17.5 Å². The lowest BCUT2D eigenvalue weighted by molar-refractivity contribution is -0.353. The molecule has 4 saturated carbocycles. The summed E-state index contributed by atoms with van der Waals surface area (Å²) in [5, 5.41) is 22.8. The molecule has 182 valence electrons. The Morgan fingerprint density at radius 3 is 2.71 bits per heavy atom. The van der Waals surface area contributed by atoms with Gasteiger partial charge in [-0.05, 0) is 50.3 Å². The van der Waals surface area contributed by atoms with E-state index in [0.717, 1.165) is 25.0 Å². The zero-order valence-corrected chi connectivity index (χ0v) is 18.6. The number of aliphatic hydroxyl groups is 1. The fourth-order valence-corrected chi connectivity index (χ4v) is 6.00. The van der Waals surface area contributed by atoms with Gasteiger partial charge in [-0.25, -0.2) is 0 Å². The first-order valence-corrected chi connectivity index (χ1v) is 11.5. The zero-order valence-electron chi connectivity index (χ0n) is 17.9. The van der Waals surface area contributed by atoms with Gasteiger partial charge in [0.1, 0.15) is 5.75 Å². The van der Waals surface area contributed by atoms with Crippen LogP contribution in [0.5, 0.6) is 5.75 Å². The highest BCUT2D eigenvalue weighted by Gasteiger charge is 2.70. The number of nitrogens with one attached hydrogen (secondary N) is 1. The third-order valence-electron chi connectivity index (χ3n) is 7.50. The van der Waals surface area contributed by atoms with Crippen LogP contribution >= 0.6 is 11.6 Å². The maximum Gasteiger partial charge on any atom is 0.522 e. The molecule has 0 radical (unpaired) electrons. The fourth-order valence-electron chi connectivity index (χ4n) is 5.82. The van der Waals surface area contributed by atoms with Crippen molar-refractivity contribution in [3.05, 3.63) is 40.7 Å². The Labute approximate surface area is 197 Å². The molecule has 1 aromatic heterocycles. The number of carbonyl (C=O) groups is 1. The number of hydrogen-bond donors (Lipinski definition) is 2. The van der Waals surface area contributed by atoms with Crippen LogP contribution in [-0.2, 0) is 14.9 Å². The van der Waals surface area contributed by atoms with Crippen molar-refractivity contribution in [1.82, 2.24) is 20.3 Å². The van der Waals surface area contributed by atoms with Gasteiger partial charge in [0.25, 0.3) is 5.91 Å². The minimum absolute atomic E-state index is 0.148. The second kappa shape index (κ2) is 7.32. The first-order chi connectivity index (χ1) is 16.0. The molecule has 12 heteroatoms. The lowest BCUT2D eigenvalue weighted by Crippen LogP contribution is -2.77. The Morgan fingerprint density at radius 2 is 2.00 bits per heavy atom. The number of aliphatic hydroxyl groups excluding tert-OH is 1. The van der Waals surface area contributed by atoms with Crippen molar-refractivity contribution in [3.63, 3.8) is 0 Å². The van der Waals surface area contributed by atoms with E-state index in [9.17, 15) is 23.1 Å². The number of carbonyl (C=O) groups excluding carboxylic acids is 1. The molecule has 34 heavy (non-hydrogen) atoms. The van der Waals surface area contributed by atoms with Gasteiger partial charge in [-0.3, -0.25) is 9.53 Å². The van der Waals surface area contributed by atoms with Crippen LogP contribution in [0.2, 0.25) is 5.02 Å². The molecular formula is C22H22ClF3N4O4. The summed E-state index contributed by atoms with van der Waals surface area (Å²) < 4.78 is 46.8. The van der Waals surface area contributed by atoms with Crippen molar-refractivity contribution in [2.45, 2.75) is 80.2 Å². The van der Waals surface area contributed by atoms with Gasteiger partial charge < -0.3 is 15.2 Å². The van der Waals surface area contributed by atoms with Gasteiger partial charge in [-0.15, -0.1) is 13.2 Å². The van der Waals surface area contributed by atoms with Crippen LogP contribution < -0.4 is 10.1 Å². The monoisotopic (exact) mass is 498 g/mol. The van der Waals surface area contributed by atoms with Crippen molar-refractivity contribution in [2.24, 2.45) is 0 Å². The number of amides is 1. The van der Waals surface area contributed by atoms with Crippen molar-refractivity contribution in [3.8, 4) is 5.75 Å². The third kappa shape index (κ3) is 3.64. The molecule has 1 amide bonds. The third-order valence-corrected chi connectivity index (χ3v) is 7.73. The minimum atomic E-state index is -4.62. The molecule has 2 heterocycles. The summed E-state index contributed by atoms with van der Waals surface area (Å²) >= 11 is 5.98. The number of benzene rings is 1. The molecule has 0 spiro atoms. The molecule has 4 aliphatic carbocycles. The second-order valence-electron chi connectivity index (χ2n) is 9.98. The first-order valence-electron chi connectivity index (χ1n) is 11.2. The van der Waals surface area contributed by atoms with E-state index in [1.165, 1.54) is 4.80 Å². The van der Waals surface area contributed by atoms with Crippen LogP contribution in [0.1, 0.15) is 61.9 Å². The van der Waals surface area contributed by atoms with Crippen molar-refractivity contribution in [1.29, 1.82) is 0 Å². The van der Waals surface area contributed by atoms with E-state index in [1.807, 2.05) is 0 Å². The highest BCUT2D eigenvalue weighted by molar-refractivity contribution is 6.30. The van der Waals surface area contributed by atoms with E-state index in [4.69, 9.17) is 16.3 Å². The van der Waals surface area contributed by atoms with Gasteiger partial charge in [0.2, 0.25) is 0 Å². The molecule has 1 aliphatic heterocycles. The number of ether oxygens (including phenoxy) is 2. The molecule has 4 fully saturated rings. The molecule has 2 aromatic rings. The number of hydrogen-bond acceptors (Lipinski definition) is 6. The molecule has 5 aliphatic rings. The SMILES string of the molecule is O=C(NC12CC(c3cnn([C@H]4C[C@@H](OC(F)(F)F)C4)n3)(C1)C2)[C@@H]1C[C@@H](O)c2cc(Cl)ccc2O1. The summed E-state index contributed by atoms with van der Waals surface area (Å²) in [5.74, 6) is 0.189. The quantitative estimate of drug-likeness (QED) is 0.656. The average Bonchev–Trinajstić information content (AvgIpc) is 3.14. The Balaban J connectivity index is 1.03. The lowest BCUT2D eigenvalue weighted by Gasteiger charge is -2.69. The number of rotatable bonds is 5. The van der Waals surface area contributed by atoms with Crippen LogP contribution in [0.25, 0.3) is 0 Å². The number of halogens is 4. The van der Waals surface area contributed by atoms with Gasteiger partial charge in [-0.1, -0.05) is 11.6 Å². The van der Waals surface area contributed by atoms with Crippen LogP contribution in [0.4, 0.5) is 13.2 Å². The fraction of sp³-hybridized carbons (Fsp3) is 0.591. The molecule has 8 nitrogen and oxygen atoms in total. The van der Waals surface area contributed by atoms with Gasteiger partial charge in [0, 0.05) is 28.0 Å². The topological polar surface area (TPSA) is 98.5 Å². The molecule has 0 saturated heterocycles. The molecule has 1 aromatic carbocycles. The molecule has 7 rings (SSSR count). The van der Waals surface area contributed by atoms with Gasteiger partial charge in [0.05, 0.1) is 30.1 Å². The maximum absolute atomic E-state index is 12.9. The van der Waals surface area contributed by atoms with Gasteiger partial charge >= 0.3 is 6.36 Å². The summed E-state index contributed by atoms with van der Waals surface area (Å²) in [5.41, 5.74) is 0.899. The Morgan fingerprint density at radius 1 is 1.26 bits per heavy atom. The molecule has 2 N–H and O–H groups in total. The number of fused-ring (bicyclic) bond motifs is 1. The molecular weight excluding hydrogens is 477 g/mol. The molecule has 0 unspecified atom stereocenters. The normalized spacial score (nSPS) is 35.8. The van der Waals surface area contributed by atoms with Crippen LogP contribution in [0, 0.1) is 0 Å². The van der Waals surface area contributed by atoms with Gasteiger partial charge in [0.15, 0.2) is 6.10 Å². The van der Waals surface area contributed by atoms with Crippen LogP contribution in [-0.4, -0.2) is 50.1 Å². The Kier molecular flexibility index (Phi) is 4.76. The molecule has 2 atom stereocenters. The summed E-state index contributed by atoms with van der Waals surface area (Å²) in [4.78, 5) is 14.4. The summed E-state index contributed by atoms with van der Waals surface area (Å²) in [6.45, 7) is 0. The van der Waals surface area contributed by atoms with Gasteiger partial charge in [-0.2, -0.15) is 15.0 Å². The largest absolute Gasteiger partial charge is 0.522 e. The predicted octanol–water partition coefficient (Wildman–Crippen LogP) is 3.35. The lowest BCUT2D eigenvalue weighted by atomic mass is 9.38. The van der Waals surface area contributed by atoms with Crippen LogP contribution in [0.3, 0.4) is 0 Å². The standard InChI is InChI=1S/C22H22ClF3N4O4/c23-11-1-2-16-14(3-11)15(31)6-17(33-16)19(32)28-21-8-20(9-21,10-21)18-7-27-30(29-18)12-4-13(5-12)34-22(24,25)26/h1-3,7,12-13,15,17,31H,4-6,8-10H2,(H,28,32)/t12-,13+,15-,17+,20?,21?/m1/s1. The van der Waals surface area contributed by atoms with Crippen molar-refractivity contribution in [2.75, 3.05) is 0 Å². The van der Waals surface area contributed by atoms with E-state index in [-0.39, 0.29) is 42.2 Å². The summed E-state index contributed by atoms with van der Waals surface area (Å²) in [6, 6.07) is 4.74. The number of aromatic nitrogens is 3. The average molecular weight is 499 g/mol. The molecule has 2 bridgehead atoms. The minimum Gasteiger partial charge on any atom is -0.480 e. The van der Waals surface area contributed by atoms with E-state index >= 15 is 0 Å². The summed E-state index contributed by atoms with van der Waals surface area (Å²) in [7, 11) is 0. The Hall–Kier alpha value is -2.37. The smallest absolute Gasteiger partial charge is 0.480 e. The van der Waals surface area contributed by atoms with E-state index in [0.29, 0.717) is 16.3 Å². The highest BCUT2D eigenvalue weighted by atomic mass is 35.5. The number of alkyl halides is 3. The predicted molar refractivity (Wildman–Crippen MR) is 111 cm³/mol. The Bertz CT molecular complexity index is 1130. The second-order valence-corrected chi connectivity index (χ2v) is 10.4. The van der Waals surface area contributed by atoms with Crippen molar-refractivity contribution < 1.29 is 32.5 Å². The van der Waals surface area contributed by atoms with E-state index in [2.05, 4.69) is 20.3 Å². The number of nitrogens with zero attached hydrogens (tertiary/aromatic N) is 3. The zero-order chi connectivity index (χ0) is 23.9. The highest BCUT2D eigenvalue weighted by Crippen LogP contribution is 2.67. The van der Waals surface area contributed by atoms with Crippen LogP contribution in [0.15, 0.2) is 24.4 Å². The maximum atomic E-state index is 12.9. The van der Waals surface area contributed by atoms with E-state index < -0.39 is 24.7 Å².